The number of carbonyl (C=O) groups is 1. The minimum atomic E-state index is -1.77. The molecule has 4 aliphatic carbocycles. The molecule has 32 heavy (non-hydrogen) atoms. The summed E-state index contributed by atoms with van der Waals surface area (Å²) in [6.07, 6.45) is 6.80. The molecule has 180 valence electrons. The first-order valence-electron chi connectivity index (χ1n) is 12.2. The Hall–Kier alpha value is -1.08. The molecule has 3 saturated carbocycles. The Labute approximate surface area is 191 Å². The molecule has 8 atom stereocenters. The van der Waals surface area contributed by atoms with Gasteiger partial charge in [-0.1, -0.05) is 51.5 Å². The minimum absolute atomic E-state index is 0.110. The number of ether oxygens (including phenoxy) is 2. The van der Waals surface area contributed by atoms with Gasteiger partial charge in [0.05, 0.1) is 12.2 Å². The molecule has 1 aliphatic heterocycles. The molecule has 0 amide bonds. The first-order chi connectivity index (χ1) is 15.0. The zero-order chi connectivity index (χ0) is 23.7. The van der Waals surface area contributed by atoms with E-state index in [0.29, 0.717) is 19.3 Å². The molecule has 5 rings (SSSR count). The molecule has 0 radical (unpaired) electrons. The van der Waals surface area contributed by atoms with E-state index in [1.54, 1.807) is 13.8 Å². The van der Waals surface area contributed by atoms with E-state index >= 15 is 4.39 Å². The average Bonchev–Trinajstić information content (AvgIpc) is 3.16. The molecular weight excluding hydrogens is 411 g/mol. The SMILES string of the molecule is CC.CC1(C)O[C@@H]2C[C@H]3[C@@H]4CCC5=CC=CC[C@]5(C)[C@@]4(F)[C@@H](O)C[C@]3(C)[C@]2(C(=O)CO)O1. The highest BCUT2D eigenvalue weighted by atomic mass is 19.1. The molecule has 6 heteroatoms. The van der Waals surface area contributed by atoms with E-state index in [0.717, 1.165) is 12.0 Å². The van der Waals surface area contributed by atoms with Crippen molar-refractivity contribution in [2.24, 2.45) is 22.7 Å². The van der Waals surface area contributed by atoms with Crippen LogP contribution in [0.5, 0.6) is 0 Å². The number of hydrogen-bond acceptors (Lipinski definition) is 5. The Balaban J connectivity index is 0.00000119. The third kappa shape index (κ3) is 2.67. The van der Waals surface area contributed by atoms with Gasteiger partial charge in [0, 0.05) is 16.7 Å². The lowest BCUT2D eigenvalue weighted by molar-refractivity contribution is -0.250. The van der Waals surface area contributed by atoms with Gasteiger partial charge in [0.25, 0.3) is 0 Å². The Morgan fingerprint density at radius 2 is 1.91 bits per heavy atom. The van der Waals surface area contributed by atoms with E-state index in [-0.39, 0.29) is 12.3 Å². The predicted molar refractivity (Wildman–Crippen MR) is 120 cm³/mol. The topological polar surface area (TPSA) is 76.0 Å². The van der Waals surface area contributed by atoms with E-state index in [1.165, 1.54) is 0 Å². The Bertz CT molecular complexity index is 851. The molecule has 0 aromatic heterocycles. The van der Waals surface area contributed by atoms with Gasteiger partial charge in [-0.05, 0) is 51.9 Å². The van der Waals surface area contributed by atoms with Crippen LogP contribution in [0.15, 0.2) is 23.8 Å². The molecule has 5 aliphatic rings. The normalized spacial score (nSPS) is 50.2. The van der Waals surface area contributed by atoms with Crippen molar-refractivity contribution in [3.05, 3.63) is 23.8 Å². The van der Waals surface area contributed by atoms with Crippen LogP contribution in [0.1, 0.15) is 73.6 Å². The van der Waals surface area contributed by atoms with Crippen LogP contribution < -0.4 is 0 Å². The van der Waals surface area contributed by atoms with Crippen LogP contribution in [0.2, 0.25) is 0 Å². The van der Waals surface area contributed by atoms with Gasteiger partial charge in [-0.25, -0.2) is 4.39 Å². The summed E-state index contributed by atoms with van der Waals surface area (Å²) in [5.41, 5.74) is -3.63. The van der Waals surface area contributed by atoms with Crippen molar-refractivity contribution in [3.8, 4) is 0 Å². The fraction of sp³-hybridized carbons (Fsp3) is 0.808. The molecule has 0 bridgehead atoms. The van der Waals surface area contributed by atoms with E-state index in [2.05, 4.69) is 0 Å². The van der Waals surface area contributed by atoms with Crippen LogP contribution in [-0.2, 0) is 14.3 Å². The smallest absolute Gasteiger partial charge is 0.193 e. The quantitative estimate of drug-likeness (QED) is 0.657. The Kier molecular flexibility index (Phi) is 5.61. The van der Waals surface area contributed by atoms with Gasteiger partial charge < -0.3 is 19.7 Å². The van der Waals surface area contributed by atoms with E-state index in [9.17, 15) is 15.0 Å². The summed E-state index contributed by atoms with van der Waals surface area (Å²) in [6.45, 7) is 10.8. The molecule has 2 N–H and O–H groups in total. The molecule has 1 heterocycles. The van der Waals surface area contributed by atoms with Gasteiger partial charge in [0.1, 0.15) is 12.3 Å². The molecule has 0 aromatic carbocycles. The van der Waals surface area contributed by atoms with Crippen molar-refractivity contribution in [2.45, 2.75) is 103 Å². The van der Waals surface area contributed by atoms with Gasteiger partial charge in [-0.15, -0.1) is 0 Å². The molecule has 1 saturated heterocycles. The lowest BCUT2D eigenvalue weighted by atomic mass is 9.44. The van der Waals surface area contributed by atoms with Crippen LogP contribution in [-0.4, -0.2) is 51.9 Å². The van der Waals surface area contributed by atoms with E-state index in [4.69, 9.17) is 9.47 Å². The lowest BCUT2D eigenvalue weighted by Gasteiger charge is -2.63. The Morgan fingerprint density at radius 3 is 2.56 bits per heavy atom. The fourth-order valence-corrected chi connectivity index (χ4v) is 8.11. The maximum atomic E-state index is 17.1. The number of carbonyl (C=O) groups excluding carboxylic acids is 1. The summed E-state index contributed by atoms with van der Waals surface area (Å²) < 4.78 is 29.6. The predicted octanol–water partition coefficient (Wildman–Crippen LogP) is 4.27. The number of rotatable bonds is 2. The first kappa shape index (κ1) is 24.1. The third-order valence-electron chi connectivity index (χ3n) is 9.35. The number of allylic oxidation sites excluding steroid dienone is 4. The standard InChI is InChI=1S/C24H33FO5.C2H6/c1-20(2)29-19-11-16-15-9-8-14-7-5-6-10-21(14,3)23(15,25)17(27)12-22(16,4)24(19,30-20)18(28)13-26;1-2/h5-7,15-17,19,26-27H,8-13H2,1-4H3;1-2H3/t15-,16-,17-,19+,21-,22-,23-,24+;/m0./s1. The van der Waals surface area contributed by atoms with Gasteiger partial charge in [0.2, 0.25) is 0 Å². The van der Waals surface area contributed by atoms with E-state index in [1.807, 2.05) is 45.9 Å². The molecule has 0 unspecified atom stereocenters. The highest BCUT2D eigenvalue weighted by Crippen LogP contribution is 2.72. The number of alkyl halides is 1. The second-order valence-corrected chi connectivity index (χ2v) is 11.0. The molecular formula is C26H39FO5. The summed E-state index contributed by atoms with van der Waals surface area (Å²) in [6, 6.07) is 0. The van der Waals surface area contributed by atoms with Crippen molar-refractivity contribution in [3.63, 3.8) is 0 Å². The van der Waals surface area contributed by atoms with Crippen LogP contribution in [0, 0.1) is 22.7 Å². The molecule has 0 spiro atoms. The summed E-state index contributed by atoms with van der Waals surface area (Å²) in [7, 11) is 0. The number of Topliss-reactive ketones (excluding diaryl/α,β-unsaturated/α-hetero) is 1. The number of halogens is 1. The van der Waals surface area contributed by atoms with Gasteiger partial charge in [-0.2, -0.15) is 0 Å². The van der Waals surface area contributed by atoms with Crippen molar-refractivity contribution >= 4 is 5.78 Å². The number of hydrogen-bond donors (Lipinski definition) is 2. The van der Waals surface area contributed by atoms with Crippen molar-refractivity contribution in [1.29, 1.82) is 0 Å². The lowest BCUT2D eigenvalue weighted by Crippen LogP contribution is -2.70. The maximum absolute atomic E-state index is 17.1. The average molecular weight is 451 g/mol. The summed E-state index contributed by atoms with van der Waals surface area (Å²) >= 11 is 0. The molecule has 5 nitrogen and oxygen atoms in total. The van der Waals surface area contributed by atoms with Crippen molar-refractivity contribution in [2.75, 3.05) is 6.61 Å². The van der Waals surface area contributed by atoms with Gasteiger partial charge >= 0.3 is 0 Å². The van der Waals surface area contributed by atoms with Crippen LogP contribution in [0.4, 0.5) is 4.39 Å². The number of aliphatic hydroxyl groups is 2. The van der Waals surface area contributed by atoms with Gasteiger partial charge in [0.15, 0.2) is 17.2 Å². The zero-order valence-corrected chi connectivity index (χ0v) is 20.3. The highest BCUT2D eigenvalue weighted by molar-refractivity contribution is 5.91. The maximum Gasteiger partial charge on any atom is 0.193 e. The van der Waals surface area contributed by atoms with Gasteiger partial charge in [-0.3, -0.25) is 4.79 Å². The van der Waals surface area contributed by atoms with Crippen LogP contribution >= 0.6 is 0 Å². The van der Waals surface area contributed by atoms with Crippen molar-refractivity contribution in [1.82, 2.24) is 0 Å². The summed E-state index contributed by atoms with van der Waals surface area (Å²) in [5.74, 6) is -1.97. The van der Waals surface area contributed by atoms with Crippen molar-refractivity contribution < 1.29 is 28.9 Å². The number of fused-ring (bicyclic) bond motifs is 7. The third-order valence-corrected chi connectivity index (χ3v) is 9.35. The second-order valence-electron chi connectivity index (χ2n) is 11.0. The molecule has 0 aromatic rings. The highest BCUT2D eigenvalue weighted by Gasteiger charge is 2.79. The minimum Gasteiger partial charge on any atom is -0.390 e. The number of ketones is 1. The number of aliphatic hydroxyl groups excluding tert-OH is 2. The second kappa shape index (κ2) is 7.46. The zero-order valence-electron chi connectivity index (χ0n) is 20.3. The summed E-state index contributed by atoms with van der Waals surface area (Å²) in [4.78, 5) is 13.2. The Morgan fingerprint density at radius 1 is 1.22 bits per heavy atom. The van der Waals surface area contributed by atoms with Crippen LogP contribution in [0.25, 0.3) is 0 Å². The first-order valence-corrected chi connectivity index (χ1v) is 12.2. The molecule has 4 fully saturated rings. The van der Waals surface area contributed by atoms with E-state index < -0.39 is 58.4 Å². The monoisotopic (exact) mass is 450 g/mol. The largest absolute Gasteiger partial charge is 0.390 e. The van der Waals surface area contributed by atoms with Crippen LogP contribution in [0.3, 0.4) is 0 Å². The summed E-state index contributed by atoms with van der Waals surface area (Å²) in [5, 5.41) is 21.2. The fourth-order valence-electron chi connectivity index (χ4n) is 8.11.